The van der Waals surface area contributed by atoms with E-state index >= 15 is 0 Å². The summed E-state index contributed by atoms with van der Waals surface area (Å²) in [5, 5.41) is 13.0. The van der Waals surface area contributed by atoms with E-state index in [1.807, 2.05) is 25.1 Å². The molecule has 0 saturated heterocycles. The zero-order valence-electron chi connectivity index (χ0n) is 11.6. The van der Waals surface area contributed by atoms with Crippen LogP contribution in [0, 0.1) is 6.92 Å². The number of rotatable bonds is 5. The number of carbonyl (C=O) groups is 1. The monoisotopic (exact) mass is 357 g/mol. The molecule has 1 aliphatic rings. The van der Waals surface area contributed by atoms with Crippen molar-refractivity contribution in [2.75, 3.05) is 12.3 Å². The van der Waals surface area contributed by atoms with Gasteiger partial charge >= 0.3 is 0 Å². The second-order valence-electron chi connectivity index (χ2n) is 5.41. The van der Waals surface area contributed by atoms with Crippen molar-refractivity contribution in [3.05, 3.63) is 28.2 Å². The number of benzene rings is 1. The highest BCUT2D eigenvalue weighted by Crippen LogP contribution is 2.29. The second-order valence-corrected chi connectivity index (χ2v) is 7.34. The summed E-state index contributed by atoms with van der Waals surface area (Å²) in [4.78, 5) is 13.0. The molecule has 1 aliphatic carbocycles. The van der Waals surface area contributed by atoms with Gasteiger partial charge in [0, 0.05) is 15.9 Å². The van der Waals surface area contributed by atoms with Crippen molar-refractivity contribution in [3.8, 4) is 0 Å². The fourth-order valence-corrected chi connectivity index (χ4v) is 3.76. The maximum Gasteiger partial charge on any atom is 0.230 e. The summed E-state index contributed by atoms with van der Waals surface area (Å²) >= 11 is 4.96. The van der Waals surface area contributed by atoms with Crippen molar-refractivity contribution in [1.29, 1.82) is 0 Å². The molecule has 1 aromatic carbocycles. The molecule has 0 unspecified atom stereocenters. The molecule has 20 heavy (non-hydrogen) atoms. The third-order valence-corrected chi connectivity index (χ3v) is 5.31. The summed E-state index contributed by atoms with van der Waals surface area (Å²) in [5.41, 5.74) is 0.486. The average molecular weight is 358 g/mol. The van der Waals surface area contributed by atoms with Gasteiger partial charge in [-0.05, 0) is 43.5 Å². The van der Waals surface area contributed by atoms with Gasteiger partial charge in [-0.15, -0.1) is 11.8 Å². The number of thioether (sulfide) groups is 1. The Kier molecular flexibility index (Phi) is 5.52. The van der Waals surface area contributed by atoms with E-state index in [4.69, 9.17) is 0 Å². The van der Waals surface area contributed by atoms with Gasteiger partial charge in [-0.1, -0.05) is 28.8 Å². The van der Waals surface area contributed by atoms with E-state index in [1.165, 1.54) is 11.8 Å². The van der Waals surface area contributed by atoms with Crippen LogP contribution in [0.3, 0.4) is 0 Å². The first-order valence-electron chi connectivity index (χ1n) is 6.87. The van der Waals surface area contributed by atoms with Crippen LogP contribution in [-0.2, 0) is 4.79 Å². The van der Waals surface area contributed by atoms with Gasteiger partial charge in [-0.3, -0.25) is 4.79 Å². The van der Waals surface area contributed by atoms with Gasteiger partial charge in [0.25, 0.3) is 0 Å². The summed E-state index contributed by atoms with van der Waals surface area (Å²) < 4.78 is 1.05. The fourth-order valence-electron chi connectivity index (χ4n) is 2.44. The van der Waals surface area contributed by atoms with Crippen molar-refractivity contribution < 1.29 is 9.90 Å². The number of amides is 1. The van der Waals surface area contributed by atoms with Gasteiger partial charge in [0.05, 0.1) is 11.4 Å². The number of halogens is 1. The molecule has 1 saturated carbocycles. The first kappa shape index (κ1) is 15.9. The Morgan fingerprint density at radius 1 is 1.45 bits per heavy atom. The van der Waals surface area contributed by atoms with Gasteiger partial charge in [0.2, 0.25) is 5.91 Å². The molecule has 0 radical (unpaired) electrons. The van der Waals surface area contributed by atoms with Crippen LogP contribution >= 0.6 is 27.7 Å². The Morgan fingerprint density at radius 3 is 2.80 bits per heavy atom. The van der Waals surface area contributed by atoms with Crippen LogP contribution in [-0.4, -0.2) is 28.9 Å². The molecule has 110 valence electrons. The minimum Gasteiger partial charge on any atom is -0.388 e. The van der Waals surface area contributed by atoms with Crippen LogP contribution in [0.25, 0.3) is 0 Å². The van der Waals surface area contributed by atoms with E-state index in [-0.39, 0.29) is 5.91 Å². The summed E-state index contributed by atoms with van der Waals surface area (Å²) in [6.07, 6.45) is 3.71. The van der Waals surface area contributed by atoms with Crippen molar-refractivity contribution in [3.63, 3.8) is 0 Å². The SMILES string of the molecule is Cc1cc(Br)ccc1SCC(=O)NCC1(O)CCCC1. The molecule has 1 amide bonds. The normalized spacial score (nSPS) is 17.1. The standard InChI is InChI=1S/C15H20BrNO2S/c1-11-8-12(16)4-5-13(11)20-9-14(18)17-10-15(19)6-2-3-7-15/h4-5,8,19H,2-3,6-7,9-10H2,1H3,(H,17,18). The van der Waals surface area contributed by atoms with Gasteiger partial charge in [-0.2, -0.15) is 0 Å². The molecule has 1 fully saturated rings. The van der Waals surface area contributed by atoms with Crippen molar-refractivity contribution in [2.45, 2.75) is 43.1 Å². The van der Waals surface area contributed by atoms with Crippen LogP contribution in [0.2, 0.25) is 0 Å². The Labute approximate surface area is 132 Å². The Morgan fingerprint density at radius 2 is 2.15 bits per heavy atom. The lowest BCUT2D eigenvalue weighted by Gasteiger charge is -2.22. The minimum absolute atomic E-state index is 0.0161. The van der Waals surface area contributed by atoms with Crippen LogP contribution in [0.5, 0.6) is 0 Å². The van der Waals surface area contributed by atoms with Crippen LogP contribution in [0.4, 0.5) is 0 Å². The predicted molar refractivity (Wildman–Crippen MR) is 86.0 cm³/mol. The van der Waals surface area contributed by atoms with E-state index in [2.05, 4.69) is 21.2 Å². The molecule has 3 nitrogen and oxygen atoms in total. The lowest BCUT2D eigenvalue weighted by atomic mass is 10.0. The zero-order valence-corrected chi connectivity index (χ0v) is 14.0. The van der Waals surface area contributed by atoms with Crippen molar-refractivity contribution in [2.24, 2.45) is 0 Å². The van der Waals surface area contributed by atoms with E-state index in [0.717, 1.165) is 40.6 Å². The van der Waals surface area contributed by atoms with E-state index in [0.29, 0.717) is 12.3 Å². The molecule has 2 rings (SSSR count). The Balaban J connectivity index is 1.77. The van der Waals surface area contributed by atoms with Crippen LogP contribution < -0.4 is 5.32 Å². The zero-order chi connectivity index (χ0) is 14.6. The van der Waals surface area contributed by atoms with E-state index in [9.17, 15) is 9.90 Å². The lowest BCUT2D eigenvalue weighted by molar-refractivity contribution is -0.119. The molecule has 1 aromatic rings. The molecule has 0 spiro atoms. The first-order valence-corrected chi connectivity index (χ1v) is 8.64. The highest BCUT2D eigenvalue weighted by molar-refractivity contribution is 9.10. The lowest BCUT2D eigenvalue weighted by Crippen LogP contribution is -2.41. The molecular weight excluding hydrogens is 338 g/mol. The minimum atomic E-state index is -0.673. The van der Waals surface area contributed by atoms with Crippen molar-refractivity contribution in [1.82, 2.24) is 5.32 Å². The number of aryl methyl sites for hydroxylation is 1. The summed E-state index contributed by atoms with van der Waals surface area (Å²) in [6.45, 7) is 2.41. The molecule has 5 heteroatoms. The largest absolute Gasteiger partial charge is 0.388 e. The van der Waals surface area contributed by atoms with Gasteiger partial charge < -0.3 is 10.4 Å². The van der Waals surface area contributed by atoms with Crippen LogP contribution in [0.1, 0.15) is 31.2 Å². The Hall–Kier alpha value is -0.520. The predicted octanol–water partition coefficient (Wildman–Crippen LogP) is 3.27. The summed E-state index contributed by atoms with van der Waals surface area (Å²) in [7, 11) is 0. The maximum atomic E-state index is 11.8. The number of carbonyl (C=O) groups excluding carboxylic acids is 1. The highest BCUT2D eigenvalue weighted by atomic mass is 79.9. The molecule has 0 heterocycles. The third kappa shape index (κ3) is 4.50. The molecule has 0 aliphatic heterocycles. The van der Waals surface area contributed by atoms with E-state index in [1.54, 1.807) is 0 Å². The molecule has 0 bridgehead atoms. The van der Waals surface area contributed by atoms with Gasteiger partial charge in [0.15, 0.2) is 0 Å². The summed E-state index contributed by atoms with van der Waals surface area (Å²) in [5.74, 6) is 0.371. The molecular formula is C15H20BrNO2S. The summed E-state index contributed by atoms with van der Waals surface area (Å²) in [6, 6.07) is 6.04. The molecule has 0 atom stereocenters. The average Bonchev–Trinajstić information content (AvgIpc) is 2.83. The number of hydrogen-bond donors (Lipinski definition) is 2. The number of nitrogens with one attached hydrogen (secondary N) is 1. The van der Waals surface area contributed by atoms with Gasteiger partial charge in [0.1, 0.15) is 0 Å². The highest BCUT2D eigenvalue weighted by Gasteiger charge is 2.31. The third-order valence-electron chi connectivity index (χ3n) is 3.64. The van der Waals surface area contributed by atoms with Gasteiger partial charge in [-0.25, -0.2) is 0 Å². The molecule has 0 aromatic heterocycles. The number of hydrogen-bond acceptors (Lipinski definition) is 3. The topological polar surface area (TPSA) is 49.3 Å². The number of aliphatic hydroxyl groups is 1. The Bertz CT molecular complexity index is 487. The maximum absolute atomic E-state index is 11.8. The van der Waals surface area contributed by atoms with E-state index < -0.39 is 5.60 Å². The smallest absolute Gasteiger partial charge is 0.230 e. The van der Waals surface area contributed by atoms with Crippen LogP contribution in [0.15, 0.2) is 27.6 Å². The first-order chi connectivity index (χ1) is 9.48. The van der Waals surface area contributed by atoms with Crippen molar-refractivity contribution >= 4 is 33.6 Å². The quantitative estimate of drug-likeness (QED) is 0.795. The fraction of sp³-hybridized carbons (Fsp3) is 0.533. The second kappa shape index (κ2) is 6.96. The molecule has 2 N–H and O–H groups in total.